The monoisotopic (exact) mass is 140 g/mol. The van der Waals surface area contributed by atoms with Crippen LogP contribution < -0.4 is 0 Å². The second-order valence-corrected chi connectivity index (χ2v) is 1.39. The Morgan fingerprint density at radius 1 is 1.40 bits per heavy atom. The van der Waals surface area contributed by atoms with Gasteiger partial charge >= 0.3 is 0 Å². The minimum atomic E-state index is 0.125. The lowest BCUT2D eigenvalue weighted by atomic mass is 10.9. The highest BCUT2D eigenvalue weighted by atomic mass is 16.4. The Bertz CT molecular complexity index is 176. The van der Waals surface area contributed by atoms with Crippen molar-refractivity contribution >= 4 is 18.4 Å². The van der Waals surface area contributed by atoms with Gasteiger partial charge in [-0.25, -0.2) is 14.8 Å². The van der Waals surface area contributed by atoms with Gasteiger partial charge in [0.15, 0.2) is 5.94 Å². The first kappa shape index (κ1) is 8.75. The van der Waals surface area contributed by atoms with Gasteiger partial charge in [-0.1, -0.05) is 0 Å². The Labute approximate surface area is 58.9 Å². The Hall–Kier alpha value is -1.25. The predicted molar refractivity (Wildman–Crippen MR) is 39.1 cm³/mol. The minimum absolute atomic E-state index is 0.125. The predicted octanol–water partition coefficient (Wildman–Crippen LogP) is 0.0772. The maximum Gasteiger partial charge on any atom is 0.238 e. The first-order valence-corrected chi connectivity index (χ1v) is 2.57. The fourth-order valence-electron chi connectivity index (χ4n) is 0.294. The van der Waals surface area contributed by atoms with Gasteiger partial charge in [0.1, 0.15) is 0 Å². The van der Waals surface area contributed by atoms with Gasteiger partial charge in [-0.2, -0.15) is 0 Å². The van der Waals surface area contributed by atoms with E-state index >= 15 is 0 Å². The highest BCUT2D eigenvalue weighted by Gasteiger charge is 1.89. The quantitative estimate of drug-likeness (QED) is 0.447. The molecular formula is C6H8N2O2. The van der Waals surface area contributed by atoms with E-state index in [1.807, 2.05) is 0 Å². The third-order valence-corrected chi connectivity index (χ3v) is 0.552. The lowest BCUT2D eigenvalue weighted by Crippen LogP contribution is -1.61. The largest absolute Gasteiger partial charge is 0.388 e. The smallest absolute Gasteiger partial charge is 0.238 e. The number of hydrogen-bond acceptors (Lipinski definition) is 4. The molecule has 54 valence electrons. The van der Waals surface area contributed by atoms with Crippen LogP contribution in [0.1, 0.15) is 0 Å². The number of aliphatic imine (C=N–C) groups is 2. The number of rotatable bonds is 0. The molecule has 1 aliphatic heterocycles. The third kappa shape index (κ3) is 3.72. The van der Waals surface area contributed by atoms with Crippen molar-refractivity contribution in [2.24, 2.45) is 9.98 Å². The fourth-order valence-corrected chi connectivity index (χ4v) is 0.294. The second-order valence-electron chi connectivity index (χ2n) is 1.39. The highest BCUT2D eigenvalue weighted by Crippen LogP contribution is 1.93. The van der Waals surface area contributed by atoms with E-state index in [0.717, 1.165) is 0 Å². The summed E-state index contributed by atoms with van der Waals surface area (Å²) < 4.78 is 4.25. The van der Waals surface area contributed by atoms with Crippen LogP contribution in [-0.2, 0) is 9.53 Å². The van der Waals surface area contributed by atoms with Crippen molar-refractivity contribution in [3.8, 4) is 0 Å². The van der Waals surface area contributed by atoms with Gasteiger partial charge in [-0.05, 0) is 0 Å². The molecule has 0 saturated heterocycles. The SMILES string of the molecule is COC.O=C=C1N=CC=N1. The molecule has 0 aliphatic carbocycles. The van der Waals surface area contributed by atoms with Gasteiger partial charge in [0.05, 0.1) is 0 Å². The molecule has 1 heterocycles. The lowest BCUT2D eigenvalue weighted by molar-refractivity contribution is 0.277. The van der Waals surface area contributed by atoms with E-state index in [2.05, 4.69) is 14.7 Å². The van der Waals surface area contributed by atoms with E-state index in [4.69, 9.17) is 0 Å². The van der Waals surface area contributed by atoms with Crippen LogP contribution in [0.3, 0.4) is 0 Å². The average molecular weight is 140 g/mol. The number of ether oxygens (including phenoxy) is 1. The van der Waals surface area contributed by atoms with Gasteiger partial charge in [0.25, 0.3) is 0 Å². The molecule has 1 aliphatic rings. The zero-order valence-electron chi connectivity index (χ0n) is 5.87. The van der Waals surface area contributed by atoms with Crippen molar-refractivity contribution in [3.63, 3.8) is 0 Å². The maximum atomic E-state index is 9.62. The van der Waals surface area contributed by atoms with Crippen LogP contribution in [-0.4, -0.2) is 32.6 Å². The molecule has 4 heteroatoms. The van der Waals surface area contributed by atoms with E-state index in [0.29, 0.717) is 0 Å². The second kappa shape index (κ2) is 5.88. The van der Waals surface area contributed by atoms with Crippen molar-refractivity contribution in [2.75, 3.05) is 14.2 Å². The van der Waals surface area contributed by atoms with E-state index in [-0.39, 0.29) is 5.82 Å². The summed E-state index contributed by atoms with van der Waals surface area (Å²) in [6.07, 6.45) is 2.89. The van der Waals surface area contributed by atoms with Gasteiger partial charge in [-0.15, -0.1) is 0 Å². The summed E-state index contributed by atoms with van der Waals surface area (Å²) in [4.78, 5) is 16.6. The molecule has 0 N–H and O–H groups in total. The van der Waals surface area contributed by atoms with Crippen LogP contribution in [0.15, 0.2) is 15.8 Å². The van der Waals surface area contributed by atoms with Crippen LogP contribution in [0.2, 0.25) is 0 Å². The van der Waals surface area contributed by atoms with Gasteiger partial charge in [-0.3, -0.25) is 0 Å². The summed E-state index contributed by atoms with van der Waals surface area (Å²) in [5, 5.41) is 0. The Morgan fingerprint density at radius 2 is 1.80 bits per heavy atom. The molecule has 0 spiro atoms. The first-order valence-electron chi connectivity index (χ1n) is 2.57. The molecule has 10 heavy (non-hydrogen) atoms. The van der Waals surface area contributed by atoms with E-state index in [1.165, 1.54) is 18.4 Å². The Morgan fingerprint density at radius 3 is 2.00 bits per heavy atom. The molecule has 0 fully saturated rings. The molecule has 1 rings (SSSR count). The molecule has 0 bridgehead atoms. The summed E-state index contributed by atoms with van der Waals surface area (Å²) in [6.45, 7) is 0. The van der Waals surface area contributed by atoms with Gasteiger partial charge in [0, 0.05) is 26.6 Å². The third-order valence-electron chi connectivity index (χ3n) is 0.552. The molecule has 4 nitrogen and oxygen atoms in total. The Balaban J connectivity index is 0.000000236. The van der Waals surface area contributed by atoms with Crippen LogP contribution in [0.5, 0.6) is 0 Å². The van der Waals surface area contributed by atoms with Gasteiger partial charge < -0.3 is 4.74 Å². The lowest BCUT2D eigenvalue weighted by Gasteiger charge is -1.67. The number of nitrogens with zero attached hydrogens (tertiary/aromatic N) is 2. The summed E-state index contributed by atoms with van der Waals surface area (Å²) in [7, 11) is 3.25. The molecule has 0 saturated carbocycles. The zero-order chi connectivity index (χ0) is 7.82. The molecule has 0 aromatic carbocycles. The number of carbonyl (C=O) groups excluding carboxylic acids is 1. The zero-order valence-corrected chi connectivity index (χ0v) is 5.87. The molecule has 0 radical (unpaired) electrons. The van der Waals surface area contributed by atoms with Crippen molar-refractivity contribution in [1.29, 1.82) is 0 Å². The fraction of sp³-hybridized carbons (Fsp3) is 0.333. The summed E-state index contributed by atoms with van der Waals surface area (Å²) in [6, 6.07) is 0. The van der Waals surface area contributed by atoms with Crippen LogP contribution in [0, 0.1) is 0 Å². The molecule has 0 aromatic rings. The molecule has 0 atom stereocenters. The minimum Gasteiger partial charge on any atom is -0.388 e. The normalized spacial score (nSPS) is 12.4. The molecular weight excluding hydrogens is 132 g/mol. The summed E-state index contributed by atoms with van der Waals surface area (Å²) in [5.41, 5.74) is 0. The molecule has 0 amide bonds. The van der Waals surface area contributed by atoms with Crippen molar-refractivity contribution in [3.05, 3.63) is 5.82 Å². The molecule has 0 aromatic heterocycles. The maximum absolute atomic E-state index is 9.62. The average Bonchev–Trinajstić information content (AvgIpc) is 2.39. The Kier molecular flexibility index (Phi) is 5.14. The van der Waals surface area contributed by atoms with E-state index in [9.17, 15) is 4.79 Å². The van der Waals surface area contributed by atoms with E-state index < -0.39 is 0 Å². The van der Waals surface area contributed by atoms with E-state index in [1.54, 1.807) is 14.2 Å². The van der Waals surface area contributed by atoms with Crippen molar-refractivity contribution < 1.29 is 9.53 Å². The highest BCUT2D eigenvalue weighted by molar-refractivity contribution is 6.18. The molecule has 0 unspecified atom stereocenters. The topological polar surface area (TPSA) is 51.0 Å². The standard InChI is InChI=1S/C4H2N2O.C2H6O/c7-3-4-5-1-2-6-4;1-3-2/h1-2H;1-2H3. The summed E-state index contributed by atoms with van der Waals surface area (Å²) in [5.74, 6) is 1.66. The number of hydrogen-bond donors (Lipinski definition) is 0. The van der Waals surface area contributed by atoms with Crippen LogP contribution in [0.25, 0.3) is 0 Å². The summed E-state index contributed by atoms with van der Waals surface area (Å²) >= 11 is 0. The van der Waals surface area contributed by atoms with Crippen LogP contribution in [0.4, 0.5) is 0 Å². The van der Waals surface area contributed by atoms with Crippen molar-refractivity contribution in [1.82, 2.24) is 0 Å². The van der Waals surface area contributed by atoms with Crippen LogP contribution >= 0.6 is 0 Å². The number of methoxy groups -OCH3 is 1. The first-order chi connectivity index (χ1) is 4.85. The van der Waals surface area contributed by atoms with Crippen molar-refractivity contribution in [2.45, 2.75) is 0 Å². The van der Waals surface area contributed by atoms with Gasteiger partial charge in [0.2, 0.25) is 5.82 Å².